The van der Waals surface area contributed by atoms with Gasteiger partial charge in [0, 0.05) is 11.6 Å². The zero-order valence-corrected chi connectivity index (χ0v) is 8.57. The normalized spacial score (nSPS) is 12.2. The fraction of sp³-hybridized carbons (Fsp3) is 0.364. The molecule has 0 radical (unpaired) electrons. The van der Waals surface area contributed by atoms with Gasteiger partial charge >= 0.3 is 5.97 Å². The molecular weight excluding hydrogens is 197 g/mol. The molecule has 0 amide bonds. The molecule has 0 saturated carbocycles. The molecule has 1 aromatic rings. The van der Waals surface area contributed by atoms with Crippen molar-refractivity contribution in [2.75, 3.05) is 6.61 Å². The fourth-order valence-corrected chi connectivity index (χ4v) is 1.29. The van der Waals surface area contributed by atoms with E-state index >= 15 is 0 Å². The topological polar surface area (TPSA) is 52.3 Å². The van der Waals surface area contributed by atoms with E-state index < -0.39 is 17.8 Å². The summed E-state index contributed by atoms with van der Waals surface area (Å²) >= 11 is 0. The Kier molecular flexibility index (Phi) is 4.24. The maximum Gasteiger partial charge on any atom is 0.307 e. The number of esters is 1. The van der Waals surface area contributed by atoms with Gasteiger partial charge in [-0.15, -0.1) is 0 Å². The SMILES string of the molecule is CCOC(=O)CC(N)c1ccccc1F. The van der Waals surface area contributed by atoms with Gasteiger partial charge in [-0.1, -0.05) is 18.2 Å². The zero-order valence-electron chi connectivity index (χ0n) is 8.57. The largest absolute Gasteiger partial charge is 0.466 e. The number of nitrogens with two attached hydrogens (primary N) is 1. The molecule has 0 spiro atoms. The van der Waals surface area contributed by atoms with Crippen LogP contribution in [-0.2, 0) is 9.53 Å². The fourth-order valence-electron chi connectivity index (χ4n) is 1.29. The molecule has 0 heterocycles. The average molecular weight is 211 g/mol. The number of carbonyl (C=O) groups excluding carboxylic acids is 1. The minimum Gasteiger partial charge on any atom is -0.466 e. The van der Waals surface area contributed by atoms with Crippen LogP contribution >= 0.6 is 0 Å². The summed E-state index contributed by atoms with van der Waals surface area (Å²) in [5.74, 6) is -0.803. The van der Waals surface area contributed by atoms with Crippen LogP contribution < -0.4 is 5.73 Å². The van der Waals surface area contributed by atoms with Crippen LogP contribution in [0.5, 0.6) is 0 Å². The first kappa shape index (κ1) is 11.7. The smallest absolute Gasteiger partial charge is 0.307 e. The molecule has 1 aromatic carbocycles. The predicted octanol–water partition coefficient (Wildman–Crippen LogP) is 1.78. The van der Waals surface area contributed by atoms with Gasteiger partial charge in [0.25, 0.3) is 0 Å². The highest BCUT2D eigenvalue weighted by Crippen LogP contribution is 2.17. The first-order valence-electron chi connectivity index (χ1n) is 4.80. The lowest BCUT2D eigenvalue weighted by Crippen LogP contribution is -2.18. The summed E-state index contributed by atoms with van der Waals surface area (Å²) in [6.07, 6.45) is -0.00519. The Bertz CT molecular complexity index is 341. The first-order chi connectivity index (χ1) is 7.15. The summed E-state index contributed by atoms with van der Waals surface area (Å²) in [4.78, 5) is 11.1. The van der Waals surface area contributed by atoms with Crippen molar-refractivity contribution in [2.24, 2.45) is 5.73 Å². The molecule has 15 heavy (non-hydrogen) atoms. The standard InChI is InChI=1S/C11H14FNO2/c1-2-15-11(14)7-10(13)8-5-3-4-6-9(8)12/h3-6,10H,2,7,13H2,1H3. The van der Waals surface area contributed by atoms with Crippen LogP contribution in [0.2, 0.25) is 0 Å². The summed E-state index contributed by atoms with van der Waals surface area (Å²) in [7, 11) is 0. The highest BCUT2D eigenvalue weighted by atomic mass is 19.1. The van der Waals surface area contributed by atoms with Crippen LogP contribution in [-0.4, -0.2) is 12.6 Å². The van der Waals surface area contributed by atoms with Crippen LogP contribution in [0.4, 0.5) is 4.39 Å². The van der Waals surface area contributed by atoms with E-state index in [9.17, 15) is 9.18 Å². The van der Waals surface area contributed by atoms with E-state index in [1.807, 2.05) is 0 Å². The average Bonchev–Trinajstić information content (AvgIpc) is 2.18. The van der Waals surface area contributed by atoms with Gasteiger partial charge in [0.15, 0.2) is 0 Å². The summed E-state index contributed by atoms with van der Waals surface area (Å²) < 4.78 is 18.0. The number of hydrogen-bond acceptors (Lipinski definition) is 3. The van der Waals surface area contributed by atoms with Crippen molar-refractivity contribution in [3.63, 3.8) is 0 Å². The number of ether oxygens (including phenoxy) is 1. The molecule has 1 atom stereocenters. The lowest BCUT2D eigenvalue weighted by atomic mass is 10.0. The second-order valence-corrected chi connectivity index (χ2v) is 3.14. The van der Waals surface area contributed by atoms with Gasteiger partial charge in [0.2, 0.25) is 0 Å². The molecule has 1 rings (SSSR count). The van der Waals surface area contributed by atoms with Crippen molar-refractivity contribution in [3.8, 4) is 0 Å². The molecule has 1 unspecified atom stereocenters. The highest BCUT2D eigenvalue weighted by molar-refractivity contribution is 5.70. The third-order valence-electron chi connectivity index (χ3n) is 2.00. The number of hydrogen-bond donors (Lipinski definition) is 1. The van der Waals surface area contributed by atoms with Crippen LogP contribution in [0.3, 0.4) is 0 Å². The lowest BCUT2D eigenvalue weighted by Gasteiger charge is -2.11. The molecule has 0 fully saturated rings. The Labute approximate surface area is 88.0 Å². The van der Waals surface area contributed by atoms with Crippen molar-refractivity contribution < 1.29 is 13.9 Å². The number of rotatable bonds is 4. The molecule has 0 saturated heterocycles. The van der Waals surface area contributed by atoms with E-state index in [0.29, 0.717) is 12.2 Å². The van der Waals surface area contributed by atoms with Gasteiger partial charge < -0.3 is 10.5 Å². The van der Waals surface area contributed by atoms with E-state index in [0.717, 1.165) is 0 Å². The third kappa shape index (κ3) is 3.32. The lowest BCUT2D eigenvalue weighted by molar-refractivity contribution is -0.143. The molecule has 4 heteroatoms. The monoisotopic (exact) mass is 211 g/mol. The van der Waals surface area contributed by atoms with E-state index in [4.69, 9.17) is 10.5 Å². The van der Waals surface area contributed by atoms with Crippen molar-refractivity contribution in [3.05, 3.63) is 35.6 Å². The molecule has 82 valence electrons. The Morgan fingerprint density at radius 2 is 2.20 bits per heavy atom. The van der Waals surface area contributed by atoms with Gasteiger partial charge in [-0.05, 0) is 13.0 Å². The number of benzene rings is 1. The van der Waals surface area contributed by atoms with Gasteiger partial charge in [-0.2, -0.15) is 0 Å². The van der Waals surface area contributed by atoms with Crippen molar-refractivity contribution in [1.29, 1.82) is 0 Å². The van der Waals surface area contributed by atoms with Crippen molar-refractivity contribution in [2.45, 2.75) is 19.4 Å². The maximum atomic E-state index is 13.2. The first-order valence-corrected chi connectivity index (χ1v) is 4.80. The minimum atomic E-state index is -0.648. The summed E-state index contributed by atoms with van der Waals surface area (Å²) in [6.45, 7) is 2.02. The van der Waals surface area contributed by atoms with Crippen LogP contribution in [0.25, 0.3) is 0 Å². The van der Waals surface area contributed by atoms with Gasteiger partial charge in [-0.25, -0.2) is 4.39 Å². The predicted molar refractivity (Wildman–Crippen MR) is 54.6 cm³/mol. The van der Waals surface area contributed by atoms with E-state index in [-0.39, 0.29) is 6.42 Å². The highest BCUT2D eigenvalue weighted by Gasteiger charge is 2.15. The van der Waals surface area contributed by atoms with Crippen molar-refractivity contribution >= 4 is 5.97 Å². The molecule has 2 N–H and O–H groups in total. The van der Waals surface area contributed by atoms with Gasteiger partial charge in [0.1, 0.15) is 5.82 Å². The van der Waals surface area contributed by atoms with Crippen LogP contribution in [0, 0.1) is 5.82 Å². The minimum absolute atomic E-state index is 0.00519. The summed E-state index contributed by atoms with van der Waals surface area (Å²) in [5, 5.41) is 0. The molecule has 0 aliphatic carbocycles. The molecule has 0 bridgehead atoms. The van der Waals surface area contributed by atoms with E-state index in [1.54, 1.807) is 25.1 Å². The molecule has 0 aromatic heterocycles. The van der Waals surface area contributed by atoms with E-state index in [1.165, 1.54) is 6.07 Å². The second-order valence-electron chi connectivity index (χ2n) is 3.14. The number of carbonyl (C=O) groups is 1. The third-order valence-corrected chi connectivity index (χ3v) is 2.00. The number of halogens is 1. The Morgan fingerprint density at radius 3 is 2.80 bits per heavy atom. The summed E-state index contributed by atoms with van der Waals surface area (Å²) in [6, 6.07) is 5.50. The second kappa shape index (κ2) is 5.46. The Morgan fingerprint density at radius 1 is 1.53 bits per heavy atom. The van der Waals surface area contributed by atoms with E-state index in [2.05, 4.69) is 0 Å². The van der Waals surface area contributed by atoms with Crippen LogP contribution in [0.1, 0.15) is 24.9 Å². The van der Waals surface area contributed by atoms with Crippen molar-refractivity contribution in [1.82, 2.24) is 0 Å². The Balaban J connectivity index is 2.65. The molecule has 3 nitrogen and oxygen atoms in total. The maximum absolute atomic E-state index is 13.2. The summed E-state index contributed by atoms with van der Waals surface area (Å²) in [5.41, 5.74) is 6.02. The van der Waals surface area contributed by atoms with Gasteiger partial charge in [-0.3, -0.25) is 4.79 Å². The molecule has 0 aliphatic rings. The zero-order chi connectivity index (χ0) is 11.3. The molecular formula is C11H14FNO2. The van der Waals surface area contributed by atoms with Gasteiger partial charge in [0.05, 0.1) is 13.0 Å². The molecule has 0 aliphatic heterocycles. The Hall–Kier alpha value is -1.42. The quantitative estimate of drug-likeness (QED) is 0.772. The van der Waals surface area contributed by atoms with Crippen LogP contribution in [0.15, 0.2) is 24.3 Å².